The van der Waals surface area contributed by atoms with E-state index < -0.39 is 27.5 Å². The average Bonchev–Trinajstić information content (AvgIpc) is 2.85. The molecule has 5 aliphatic carbocycles. The van der Waals surface area contributed by atoms with E-state index in [4.69, 9.17) is 9.84 Å². The van der Waals surface area contributed by atoms with Gasteiger partial charge in [0.25, 0.3) is 0 Å². The molecule has 5 aliphatic rings. The zero-order valence-electron chi connectivity index (χ0n) is 27.5. The van der Waals surface area contributed by atoms with Crippen LogP contribution in [0.25, 0.3) is 0 Å². The molecule has 2 N–H and O–H groups in total. The molecule has 4 saturated carbocycles. The van der Waals surface area contributed by atoms with Gasteiger partial charge in [-0.05, 0) is 104 Å². The minimum absolute atomic E-state index is 0.0409. The number of rotatable bonds is 6. The first kappa shape index (κ1) is 32.6. The molecule has 0 aliphatic heterocycles. The largest absolute Gasteiger partial charge is 0.481 e. The van der Waals surface area contributed by atoms with Gasteiger partial charge in [0.15, 0.2) is 5.78 Å². The molecule has 0 saturated heterocycles. The quantitative estimate of drug-likeness (QED) is 0.347. The summed E-state index contributed by atoms with van der Waals surface area (Å²) in [6.45, 7) is 15.7. The highest BCUT2D eigenvalue weighted by Gasteiger charge is 2.70. The van der Waals surface area contributed by atoms with E-state index >= 15 is 0 Å². The Hall–Kier alpha value is -1.74. The van der Waals surface area contributed by atoms with Crippen LogP contribution in [0, 0.1) is 44.8 Å². The van der Waals surface area contributed by atoms with Gasteiger partial charge >= 0.3 is 11.9 Å². The van der Waals surface area contributed by atoms with Crippen LogP contribution in [0.3, 0.4) is 0 Å². The van der Waals surface area contributed by atoms with E-state index in [-0.39, 0.29) is 69.6 Å². The molecule has 0 aromatic heterocycles. The van der Waals surface area contributed by atoms with Gasteiger partial charge in [-0.25, -0.2) is 13.1 Å². The normalized spacial score (nSPS) is 45.5. The van der Waals surface area contributed by atoms with Crippen molar-refractivity contribution in [3.8, 4) is 0 Å². The zero-order valence-corrected chi connectivity index (χ0v) is 28.3. The molecule has 0 bridgehead atoms. The van der Waals surface area contributed by atoms with Gasteiger partial charge in [-0.3, -0.25) is 14.4 Å². The molecule has 43 heavy (non-hydrogen) atoms. The second-order valence-electron chi connectivity index (χ2n) is 16.9. The lowest BCUT2D eigenvalue weighted by atomic mass is 9.33. The van der Waals surface area contributed by atoms with Crippen molar-refractivity contribution in [3.63, 3.8) is 0 Å². The molecule has 0 aromatic rings. The fraction of sp³-hybridized carbons (Fsp3) is 0.853. The van der Waals surface area contributed by atoms with Gasteiger partial charge in [0.2, 0.25) is 10.0 Å². The van der Waals surface area contributed by atoms with Crippen LogP contribution in [-0.2, 0) is 29.1 Å². The number of carboxylic acids is 1. The van der Waals surface area contributed by atoms with Gasteiger partial charge in [0, 0.05) is 16.9 Å². The van der Waals surface area contributed by atoms with Crippen LogP contribution in [0.1, 0.15) is 119 Å². The molecule has 0 amide bonds. The zero-order chi connectivity index (χ0) is 32.0. The summed E-state index contributed by atoms with van der Waals surface area (Å²) in [5.74, 6) is -1.09. The van der Waals surface area contributed by atoms with Crippen molar-refractivity contribution in [2.24, 2.45) is 44.8 Å². The van der Waals surface area contributed by atoms with Crippen molar-refractivity contribution in [2.75, 3.05) is 6.26 Å². The maximum absolute atomic E-state index is 14.6. The second-order valence-corrected chi connectivity index (χ2v) is 18.6. The molecular formula is C34H53NO7S. The third-order valence-corrected chi connectivity index (χ3v) is 14.6. The average molecular weight is 620 g/mol. The van der Waals surface area contributed by atoms with Crippen LogP contribution >= 0.6 is 0 Å². The monoisotopic (exact) mass is 619 g/mol. The predicted molar refractivity (Wildman–Crippen MR) is 164 cm³/mol. The maximum atomic E-state index is 14.6. The van der Waals surface area contributed by atoms with Crippen LogP contribution in [0.4, 0.5) is 0 Å². The van der Waals surface area contributed by atoms with E-state index in [2.05, 4.69) is 46.3 Å². The Morgan fingerprint density at radius 3 is 2.23 bits per heavy atom. The highest BCUT2D eigenvalue weighted by Crippen LogP contribution is 2.75. The molecule has 9 heteroatoms. The molecule has 0 spiro atoms. The first-order chi connectivity index (χ1) is 19.6. The number of allylic oxidation sites excluding steroid dienone is 2. The van der Waals surface area contributed by atoms with E-state index in [1.807, 2.05) is 13.0 Å². The second kappa shape index (κ2) is 10.1. The number of hydrogen-bond acceptors (Lipinski definition) is 6. The van der Waals surface area contributed by atoms with Gasteiger partial charge in [-0.2, -0.15) is 0 Å². The number of hydrogen-bond donors (Lipinski definition) is 2. The Labute approximate surface area is 258 Å². The summed E-state index contributed by atoms with van der Waals surface area (Å²) in [6.07, 6.45) is 10.3. The standard InChI is InChI=1S/C34H53NO7S/c1-29(2)24-11-14-34(7)28(32(24,5)13-12-25(29)42-27(39)10-9-26(37)38)23(36)19-21-22-20-31(4,35-43(8,40)41)17-15-30(22,3)16-18-33(21,34)6/h19,22,24-25,28,35H,9-18,20H2,1-8H3,(H,37,38)/t22-,24-,25-,28+,30+,31-,32-,33+,34+/m0/s1. The smallest absolute Gasteiger partial charge is 0.306 e. The third kappa shape index (κ3) is 5.12. The van der Waals surface area contributed by atoms with Gasteiger partial charge in [-0.1, -0.05) is 47.1 Å². The molecule has 9 atom stereocenters. The third-order valence-electron chi connectivity index (χ3n) is 13.8. The van der Waals surface area contributed by atoms with Gasteiger partial charge in [-0.15, -0.1) is 0 Å². The molecule has 5 rings (SSSR count). The molecule has 0 radical (unpaired) electrons. The minimum Gasteiger partial charge on any atom is -0.481 e. The number of esters is 1. The number of ketones is 1. The van der Waals surface area contributed by atoms with E-state index in [9.17, 15) is 22.8 Å². The fourth-order valence-corrected chi connectivity index (χ4v) is 12.4. The molecular weight excluding hydrogens is 566 g/mol. The summed E-state index contributed by atoms with van der Waals surface area (Å²) >= 11 is 0. The molecule has 8 nitrogen and oxygen atoms in total. The number of carbonyl (C=O) groups excluding carboxylic acids is 2. The Balaban J connectivity index is 1.48. The van der Waals surface area contributed by atoms with Gasteiger partial charge < -0.3 is 9.84 Å². The number of ether oxygens (including phenoxy) is 1. The Morgan fingerprint density at radius 1 is 0.953 bits per heavy atom. The number of fused-ring (bicyclic) bond motifs is 7. The fourth-order valence-electron chi connectivity index (χ4n) is 11.3. The number of nitrogens with one attached hydrogen (secondary N) is 1. The van der Waals surface area contributed by atoms with Crippen molar-refractivity contribution in [1.82, 2.24) is 4.72 Å². The summed E-state index contributed by atoms with van der Waals surface area (Å²) in [5.41, 5.74) is -0.273. The minimum atomic E-state index is -3.37. The van der Waals surface area contributed by atoms with Gasteiger partial charge in [0.1, 0.15) is 6.10 Å². The molecule has 242 valence electrons. The summed E-state index contributed by atoms with van der Waals surface area (Å²) in [6, 6.07) is 0. The Morgan fingerprint density at radius 2 is 1.60 bits per heavy atom. The van der Waals surface area contributed by atoms with Crippen molar-refractivity contribution < 1.29 is 32.6 Å². The summed E-state index contributed by atoms with van der Waals surface area (Å²) < 4.78 is 33.5. The summed E-state index contributed by atoms with van der Waals surface area (Å²) in [5, 5.41) is 9.00. The first-order valence-corrected chi connectivity index (χ1v) is 18.2. The SMILES string of the molecule is CC1(C)[C@@H](OC(=O)CCC(=O)O)CC[C@]2(C)[C@H]3C(=O)C=C4[C@@H]5C[C@@](C)(NS(C)(=O)=O)CC[C@]5(C)CC[C@@]4(C)[C@]3(C)CC[C@@H]12. The number of sulfonamides is 1. The highest BCUT2D eigenvalue weighted by molar-refractivity contribution is 7.88. The lowest BCUT2D eigenvalue weighted by Crippen LogP contribution is -2.67. The Kier molecular flexibility index (Phi) is 7.69. The van der Waals surface area contributed by atoms with Crippen LogP contribution in [0.15, 0.2) is 11.6 Å². The Bertz CT molecular complexity index is 1350. The molecule has 0 aromatic carbocycles. The van der Waals surface area contributed by atoms with Crippen LogP contribution in [0.5, 0.6) is 0 Å². The number of carbonyl (C=O) groups is 3. The number of carboxylic acid groups (broad SMARTS) is 1. The molecule has 0 unspecified atom stereocenters. The van der Waals surface area contributed by atoms with Gasteiger partial charge in [0.05, 0.1) is 19.1 Å². The van der Waals surface area contributed by atoms with Crippen molar-refractivity contribution in [3.05, 3.63) is 11.6 Å². The molecule has 4 fully saturated rings. The molecule has 0 heterocycles. The lowest BCUT2D eigenvalue weighted by molar-refractivity contribution is -0.210. The first-order valence-electron chi connectivity index (χ1n) is 16.3. The van der Waals surface area contributed by atoms with E-state index in [0.29, 0.717) is 12.8 Å². The van der Waals surface area contributed by atoms with Crippen molar-refractivity contribution >= 4 is 27.7 Å². The van der Waals surface area contributed by atoms with Crippen LogP contribution < -0.4 is 4.72 Å². The van der Waals surface area contributed by atoms with E-state index in [0.717, 1.165) is 44.9 Å². The van der Waals surface area contributed by atoms with Crippen LogP contribution in [0.2, 0.25) is 0 Å². The van der Waals surface area contributed by atoms with Crippen molar-refractivity contribution in [1.29, 1.82) is 0 Å². The number of aliphatic carboxylic acids is 1. The van der Waals surface area contributed by atoms with E-state index in [1.165, 1.54) is 11.8 Å². The van der Waals surface area contributed by atoms with E-state index in [1.54, 1.807) is 0 Å². The predicted octanol–water partition coefficient (Wildman–Crippen LogP) is 6.05. The maximum Gasteiger partial charge on any atom is 0.306 e. The topological polar surface area (TPSA) is 127 Å². The highest BCUT2D eigenvalue weighted by atomic mass is 32.2. The lowest BCUT2D eigenvalue weighted by Gasteiger charge is -2.70. The van der Waals surface area contributed by atoms with Crippen molar-refractivity contribution in [2.45, 2.75) is 131 Å². The van der Waals surface area contributed by atoms with Crippen LogP contribution in [-0.4, -0.2) is 49.1 Å². The summed E-state index contributed by atoms with van der Waals surface area (Å²) in [4.78, 5) is 38.1. The summed E-state index contributed by atoms with van der Waals surface area (Å²) in [7, 11) is -3.37.